The number of esters is 1. The molecule has 1 N–H and O–H groups in total. The molecule has 4 rings (SSSR count). The van der Waals surface area contributed by atoms with Crippen LogP contribution in [-0.2, 0) is 9.53 Å². The van der Waals surface area contributed by atoms with Gasteiger partial charge in [0.1, 0.15) is 0 Å². The smallest absolute Gasteiger partial charge is 0.337 e. The molecule has 1 aromatic heterocycles. The van der Waals surface area contributed by atoms with Crippen LogP contribution in [0.1, 0.15) is 33.3 Å². The minimum absolute atomic E-state index is 0.0989. The van der Waals surface area contributed by atoms with Crippen LogP contribution in [0.2, 0.25) is 0 Å². The van der Waals surface area contributed by atoms with E-state index in [1.54, 1.807) is 24.3 Å². The highest BCUT2D eigenvalue weighted by Gasteiger charge is 2.23. The van der Waals surface area contributed by atoms with E-state index in [9.17, 15) is 9.59 Å². The minimum atomic E-state index is -0.431. The number of thioether (sulfide) groups is 1. The van der Waals surface area contributed by atoms with Crippen molar-refractivity contribution in [2.24, 2.45) is 0 Å². The van der Waals surface area contributed by atoms with Gasteiger partial charge in [-0.05, 0) is 35.4 Å². The molecule has 0 aliphatic carbocycles. The fraction of sp³-hybridized carbons (Fsp3) is 0.120. The molecule has 1 amide bonds. The van der Waals surface area contributed by atoms with Gasteiger partial charge in [0.15, 0.2) is 0 Å². The second-order valence-electron chi connectivity index (χ2n) is 7.07. The number of aromatic nitrogens is 2. The predicted molar refractivity (Wildman–Crippen MR) is 125 cm³/mol. The average Bonchev–Trinajstić information content (AvgIpc) is 3.33. The molecule has 0 aliphatic heterocycles. The molecule has 0 saturated carbocycles. The van der Waals surface area contributed by atoms with E-state index in [1.807, 2.05) is 60.7 Å². The van der Waals surface area contributed by atoms with Gasteiger partial charge in [0.05, 0.1) is 24.3 Å². The van der Waals surface area contributed by atoms with Gasteiger partial charge in [-0.3, -0.25) is 4.79 Å². The Morgan fingerprint density at radius 3 is 2.09 bits per heavy atom. The van der Waals surface area contributed by atoms with Crippen LogP contribution in [0.5, 0.6) is 0 Å². The van der Waals surface area contributed by atoms with Crippen LogP contribution in [0.4, 0.5) is 5.69 Å². The number of carbonyl (C=O) groups excluding carboxylic acids is 2. The molecule has 8 heteroatoms. The van der Waals surface area contributed by atoms with Crippen molar-refractivity contribution in [3.05, 3.63) is 108 Å². The first-order chi connectivity index (χ1) is 16.1. The number of nitrogens with one attached hydrogen (secondary N) is 1. The van der Waals surface area contributed by atoms with Crippen molar-refractivity contribution < 1.29 is 18.7 Å². The summed E-state index contributed by atoms with van der Waals surface area (Å²) in [5.41, 5.74) is 3.07. The normalized spacial score (nSPS) is 10.7. The van der Waals surface area contributed by atoms with Crippen LogP contribution >= 0.6 is 11.8 Å². The molecule has 33 heavy (non-hydrogen) atoms. The van der Waals surface area contributed by atoms with Crippen LogP contribution in [0.25, 0.3) is 0 Å². The van der Waals surface area contributed by atoms with E-state index in [0.29, 0.717) is 22.4 Å². The Kier molecular flexibility index (Phi) is 7.16. The Bertz CT molecular complexity index is 1170. The summed E-state index contributed by atoms with van der Waals surface area (Å²) in [6.45, 7) is 0. The largest absolute Gasteiger partial charge is 0.465 e. The number of rotatable bonds is 8. The average molecular weight is 460 g/mol. The number of anilines is 1. The second-order valence-corrected chi connectivity index (χ2v) is 7.99. The molecule has 0 saturated heterocycles. The monoisotopic (exact) mass is 459 g/mol. The third-order valence-electron chi connectivity index (χ3n) is 4.85. The predicted octanol–water partition coefficient (Wildman–Crippen LogP) is 4.77. The van der Waals surface area contributed by atoms with Gasteiger partial charge in [0, 0.05) is 5.69 Å². The third kappa shape index (κ3) is 5.67. The Labute approximate surface area is 195 Å². The lowest BCUT2D eigenvalue weighted by Gasteiger charge is -2.13. The molecule has 0 unspecified atom stereocenters. The first-order valence-corrected chi connectivity index (χ1v) is 11.2. The quantitative estimate of drug-likeness (QED) is 0.300. The maximum atomic E-state index is 12.3. The summed E-state index contributed by atoms with van der Waals surface area (Å²) in [5.74, 6) is -0.292. The number of hydrogen-bond donors (Lipinski definition) is 1. The zero-order valence-corrected chi connectivity index (χ0v) is 18.6. The van der Waals surface area contributed by atoms with Gasteiger partial charge in [-0.2, -0.15) is 0 Å². The Morgan fingerprint density at radius 1 is 0.909 bits per heavy atom. The van der Waals surface area contributed by atoms with Gasteiger partial charge in [-0.15, -0.1) is 10.2 Å². The van der Waals surface area contributed by atoms with E-state index < -0.39 is 5.97 Å². The molecule has 0 fully saturated rings. The summed E-state index contributed by atoms with van der Waals surface area (Å²) in [7, 11) is 1.32. The lowest BCUT2D eigenvalue weighted by molar-refractivity contribution is -0.113. The lowest BCUT2D eigenvalue weighted by atomic mass is 9.91. The first kappa shape index (κ1) is 22.3. The van der Waals surface area contributed by atoms with Crippen molar-refractivity contribution in [3.63, 3.8) is 0 Å². The van der Waals surface area contributed by atoms with E-state index in [-0.39, 0.29) is 17.6 Å². The molecular weight excluding hydrogens is 438 g/mol. The molecule has 0 bridgehead atoms. The highest BCUT2D eigenvalue weighted by atomic mass is 32.2. The van der Waals surface area contributed by atoms with Gasteiger partial charge in [0.25, 0.3) is 5.22 Å². The standard InChI is InChI=1S/C25H21N3O4S/c1-31-24(30)19-12-14-20(15-13-19)26-21(29)16-33-25-28-27-23(32-25)22(17-8-4-2-5-9-17)18-10-6-3-7-11-18/h2-15,22H,16H2,1H3,(H,26,29). The van der Waals surface area contributed by atoms with Crippen molar-refractivity contribution in [1.29, 1.82) is 0 Å². The molecule has 3 aromatic carbocycles. The maximum Gasteiger partial charge on any atom is 0.337 e. The number of hydrogen-bond acceptors (Lipinski definition) is 7. The van der Waals surface area contributed by atoms with Crippen molar-refractivity contribution in [2.45, 2.75) is 11.1 Å². The Balaban J connectivity index is 1.41. The van der Waals surface area contributed by atoms with Gasteiger partial charge in [-0.25, -0.2) is 4.79 Å². The summed E-state index contributed by atoms with van der Waals surface area (Å²) in [6.07, 6.45) is 0. The number of benzene rings is 3. The zero-order valence-electron chi connectivity index (χ0n) is 17.8. The summed E-state index contributed by atoms with van der Waals surface area (Å²) < 4.78 is 10.6. The van der Waals surface area contributed by atoms with Crippen LogP contribution in [-0.4, -0.2) is 34.9 Å². The van der Waals surface area contributed by atoms with Gasteiger partial charge in [-0.1, -0.05) is 72.4 Å². The van der Waals surface area contributed by atoms with Crippen molar-refractivity contribution in [1.82, 2.24) is 10.2 Å². The number of amides is 1. The Hall–Kier alpha value is -3.91. The SMILES string of the molecule is COC(=O)c1ccc(NC(=O)CSc2nnc(C(c3ccccc3)c3ccccc3)o2)cc1. The van der Waals surface area contributed by atoms with E-state index in [4.69, 9.17) is 4.42 Å². The summed E-state index contributed by atoms with van der Waals surface area (Å²) >= 11 is 1.16. The fourth-order valence-corrected chi connectivity index (χ4v) is 3.87. The van der Waals surface area contributed by atoms with Gasteiger partial charge in [0.2, 0.25) is 11.8 Å². The summed E-state index contributed by atoms with van der Waals surface area (Å²) in [5, 5.41) is 11.5. The summed E-state index contributed by atoms with van der Waals surface area (Å²) in [6, 6.07) is 26.4. The molecule has 0 atom stereocenters. The molecule has 166 valence electrons. The van der Waals surface area contributed by atoms with Gasteiger partial charge < -0.3 is 14.5 Å². The number of carbonyl (C=O) groups is 2. The Morgan fingerprint density at radius 2 is 1.52 bits per heavy atom. The molecule has 7 nitrogen and oxygen atoms in total. The number of ether oxygens (including phenoxy) is 1. The van der Waals surface area contributed by atoms with Gasteiger partial charge >= 0.3 is 5.97 Å². The van der Waals surface area contributed by atoms with Crippen LogP contribution in [0.15, 0.2) is 94.6 Å². The van der Waals surface area contributed by atoms with E-state index >= 15 is 0 Å². The molecule has 0 spiro atoms. The highest BCUT2D eigenvalue weighted by Crippen LogP contribution is 2.32. The van der Waals surface area contributed by atoms with E-state index in [0.717, 1.165) is 22.9 Å². The lowest BCUT2D eigenvalue weighted by Crippen LogP contribution is -2.14. The third-order valence-corrected chi connectivity index (χ3v) is 5.67. The second kappa shape index (κ2) is 10.6. The van der Waals surface area contributed by atoms with Crippen LogP contribution in [0, 0.1) is 0 Å². The van der Waals surface area contributed by atoms with E-state index in [1.165, 1.54) is 7.11 Å². The molecule has 0 radical (unpaired) electrons. The molecular formula is C25H21N3O4S. The van der Waals surface area contributed by atoms with Crippen molar-refractivity contribution >= 4 is 29.3 Å². The van der Waals surface area contributed by atoms with Crippen molar-refractivity contribution in [2.75, 3.05) is 18.2 Å². The fourth-order valence-electron chi connectivity index (χ4n) is 3.30. The summed E-state index contributed by atoms with van der Waals surface area (Å²) in [4.78, 5) is 23.8. The highest BCUT2D eigenvalue weighted by molar-refractivity contribution is 7.99. The van der Waals surface area contributed by atoms with Crippen molar-refractivity contribution in [3.8, 4) is 0 Å². The molecule has 0 aliphatic rings. The first-order valence-electron chi connectivity index (χ1n) is 10.2. The number of methoxy groups -OCH3 is 1. The molecule has 4 aromatic rings. The topological polar surface area (TPSA) is 94.3 Å². The zero-order chi connectivity index (χ0) is 23.0. The van der Waals surface area contributed by atoms with E-state index in [2.05, 4.69) is 20.3 Å². The molecule has 1 heterocycles. The minimum Gasteiger partial charge on any atom is -0.465 e. The van der Waals surface area contributed by atoms with Crippen LogP contribution < -0.4 is 5.32 Å². The van der Waals surface area contributed by atoms with Crippen LogP contribution in [0.3, 0.4) is 0 Å². The maximum absolute atomic E-state index is 12.3. The number of nitrogens with zero attached hydrogens (tertiary/aromatic N) is 2.